The fraction of sp³-hybridized carbons (Fsp3) is 1.00. The van der Waals surface area contributed by atoms with E-state index < -0.39 is 0 Å². The molecular weight excluding hydrogens is 536 g/mol. The highest BCUT2D eigenvalue weighted by Gasteiger charge is 1.98. The number of nitrogens with one attached hydrogen (secondary N) is 2. The molecule has 0 rings (SSSR count). The maximum atomic E-state index is 8.69. The van der Waals surface area contributed by atoms with Crippen molar-refractivity contribution < 1.29 is 5.11 Å². The van der Waals surface area contributed by atoms with Crippen LogP contribution in [0.2, 0.25) is 0 Å². The molecule has 3 heteroatoms. The predicted octanol–water partition coefficient (Wildman–Crippen LogP) is 13.2. The van der Waals surface area contributed by atoms with Crippen molar-refractivity contribution in [2.45, 2.75) is 238 Å². The maximum absolute atomic E-state index is 8.69. The summed E-state index contributed by atoms with van der Waals surface area (Å²) in [4.78, 5) is 0. The third-order valence-electron chi connectivity index (χ3n) is 9.78. The summed E-state index contributed by atoms with van der Waals surface area (Å²) < 4.78 is 0. The molecule has 0 amide bonds. The van der Waals surface area contributed by atoms with E-state index in [-0.39, 0.29) is 6.73 Å². The van der Waals surface area contributed by atoms with E-state index in [1.54, 1.807) is 0 Å². The van der Waals surface area contributed by atoms with Crippen LogP contribution in [0.15, 0.2) is 0 Å². The van der Waals surface area contributed by atoms with Gasteiger partial charge in [-0.25, -0.2) is 0 Å². The fourth-order valence-corrected chi connectivity index (χ4v) is 6.68. The minimum absolute atomic E-state index is 0.124. The average molecular weight is 623 g/mol. The first-order valence-corrected chi connectivity index (χ1v) is 20.9. The third kappa shape index (κ3) is 41.9. The van der Waals surface area contributed by atoms with Gasteiger partial charge in [-0.1, -0.05) is 219 Å². The Morgan fingerprint density at radius 3 is 0.636 bits per heavy atom. The molecule has 0 saturated heterocycles. The molecule has 44 heavy (non-hydrogen) atoms. The SMILES string of the molecule is CCCCCNCCCCCCCCCCCCCCCCCCCCCCCCCCCCCCCCCCCNCO. The standard InChI is InChI=1S/C41H86N2O/c1-2-3-35-38-42-39-36-33-31-29-27-25-23-21-19-17-15-13-11-9-7-5-4-6-8-10-12-14-16-18-20-22-24-26-28-30-32-34-37-40-43-41-44/h42-44H,2-41H2,1H3. The van der Waals surface area contributed by atoms with Crippen molar-refractivity contribution >= 4 is 0 Å². The second kappa shape index (κ2) is 42.9. The van der Waals surface area contributed by atoms with Gasteiger partial charge in [0.25, 0.3) is 0 Å². The second-order valence-corrected chi connectivity index (χ2v) is 14.3. The molecular formula is C41H86N2O. The smallest absolute Gasteiger partial charge is 0.0931 e. The molecule has 0 fully saturated rings. The molecule has 0 atom stereocenters. The maximum Gasteiger partial charge on any atom is 0.0931 e. The van der Waals surface area contributed by atoms with Gasteiger partial charge in [-0.05, 0) is 38.9 Å². The number of unbranched alkanes of at least 4 members (excludes halogenated alkanes) is 34. The van der Waals surface area contributed by atoms with Crippen molar-refractivity contribution in [2.24, 2.45) is 0 Å². The number of aliphatic hydroxyl groups is 1. The largest absolute Gasteiger partial charge is 0.381 e. The molecule has 0 radical (unpaired) electrons. The molecule has 3 nitrogen and oxygen atoms in total. The summed E-state index contributed by atoms with van der Waals surface area (Å²) in [6.45, 7) is 5.83. The summed E-state index contributed by atoms with van der Waals surface area (Å²) >= 11 is 0. The Kier molecular flexibility index (Phi) is 42.8. The number of aliphatic hydroxyl groups excluding tert-OH is 1. The molecule has 0 bridgehead atoms. The first-order valence-electron chi connectivity index (χ1n) is 20.9. The zero-order valence-corrected chi connectivity index (χ0v) is 30.7. The lowest BCUT2D eigenvalue weighted by Crippen LogP contribution is -2.16. The van der Waals surface area contributed by atoms with E-state index in [9.17, 15) is 0 Å². The van der Waals surface area contributed by atoms with Crippen LogP contribution < -0.4 is 10.6 Å². The van der Waals surface area contributed by atoms with E-state index in [1.807, 2.05) is 0 Å². The first kappa shape index (κ1) is 43.9. The molecule has 0 aliphatic heterocycles. The van der Waals surface area contributed by atoms with Crippen LogP contribution >= 0.6 is 0 Å². The highest BCUT2D eigenvalue weighted by Crippen LogP contribution is 2.17. The zero-order chi connectivity index (χ0) is 31.7. The molecule has 266 valence electrons. The molecule has 0 aromatic carbocycles. The summed E-state index contributed by atoms with van der Waals surface area (Å²) in [5.74, 6) is 0. The highest BCUT2D eigenvalue weighted by molar-refractivity contribution is 4.54. The summed E-state index contributed by atoms with van der Waals surface area (Å²) in [5.41, 5.74) is 0. The fourth-order valence-electron chi connectivity index (χ4n) is 6.68. The van der Waals surface area contributed by atoms with Gasteiger partial charge in [0.15, 0.2) is 0 Å². The van der Waals surface area contributed by atoms with Gasteiger partial charge >= 0.3 is 0 Å². The van der Waals surface area contributed by atoms with E-state index in [0.29, 0.717) is 0 Å². The Labute approximate surface area is 279 Å². The predicted molar refractivity (Wildman–Crippen MR) is 200 cm³/mol. The second-order valence-electron chi connectivity index (χ2n) is 14.3. The Balaban J connectivity index is 3.03. The molecule has 0 heterocycles. The Hall–Kier alpha value is -0.120. The van der Waals surface area contributed by atoms with Crippen molar-refractivity contribution in [1.82, 2.24) is 10.6 Å². The van der Waals surface area contributed by atoms with Crippen LogP contribution in [0.25, 0.3) is 0 Å². The summed E-state index contributed by atoms with van der Waals surface area (Å²) in [6, 6.07) is 0. The summed E-state index contributed by atoms with van der Waals surface area (Å²) in [5, 5.41) is 15.3. The quantitative estimate of drug-likeness (QED) is 0.0469. The van der Waals surface area contributed by atoms with Gasteiger partial charge in [-0.2, -0.15) is 0 Å². The summed E-state index contributed by atoms with van der Waals surface area (Å²) in [6.07, 6.45) is 51.9. The topological polar surface area (TPSA) is 44.3 Å². The minimum atomic E-state index is 0.124. The van der Waals surface area contributed by atoms with Crippen LogP contribution in [0.1, 0.15) is 238 Å². The normalized spacial score (nSPS) is 11.6. The molecule has 0 aliphatic rings. The third-order valence-corrected chi connectivity index (χ3v) is 9.78. The van der Waals surface area contributed by atoms with Gasteiger partial charge in [0, 0.05) is 0 Å². The molecule has 3 N–H and O–H groups in total. The van der Waals surface area contributed by atoms with Gasteiger partial charge in [0.2, 0.25) is 0 Å². The number of hydrogen-bond donors (Lipinski definition) is 3. The van der Waals surface area contributed by atoms with E-state index in [4.69, 9.17) is 5.11 Å². The average Bonchev–Trinajstić information content (AvgIpc) is 3.04. The van der Waals surface area contributed by atoms with Crippen LogP contribution in [0.3, 0.4) is 0 Å². The lowest BCUT2D eigenvalue weighted by atomic mass is 10.0. The Bertz CT molecular complexity index is 430. The lowest BCUT2D eigenvalue weighted by molar-refractivity contribution is 0.260. The number of rotatable bonds is 41. The van der Waals surface area contributed by atoms with E-state index in [0.717, 1.165) is 6.54 Å². The van der Waals surface area contributed by atoms with Gasteiger partial charge in [0.05, 0.1) is 6.73 Å². The van der Waals surface area contributed by atoms with Crippen LogP contribution in [-0.2, 0) is 0 Å². The van der Waals surface area contributed by atoms with Crippen LogP contribution in [0, 0.1) is 0 Å². The Morgan fingerprint density at radius 2 is 0.432 bits per heavy atom. The van der Waals surface area contributed by atoms with Gasteiger partial charge in [-0.3, -0.25) is 5.32 Å². The van der Waals surface area contributed by atoms with Crippen LogP contribution in [0.5, 0.6) is 0 Å². The first-order chi connectivity index (χ1) is 21.9. The number of hydrogen-bond acceptors (Lipinski definition) is 3. The van der Waals surface area contributed by atoms with Crippen LogP contribution in [-0.4, -0.2) is 31.5 Å². The molecule has 0 aromatic rings. The van der Waals surface area contributed by atoms with E-state index in [1.165, 1.54) is 244 Å². The van der Waals surface area contributed by atoms with Crippen LogP contribution in [0.4, 0.5) is 0 Å². The highest BCUT2D eigenvalue weighted by atomic mass is 16.3. The van der Waals surface area contributed by atoms with Gasteiger partial charge in [-0.15, -0.1) is 0 Å². The van der Waals surface area contributed by atoms with Crippen molar-refractivity contribution in [3.8, 4) is 0 Å². The van der Waals surface area contributed by atoms with Crippen molar-refractivity contribution in [1.29, 1.82) is 0 Å². The molecule has 0 aliphatic carbocycles. The minimum Gasteiger partial charge on any atom is -0.381 e. The molecule has 0 aromatic heterocycles. The molecule has 0 saturated carbocycles. The van der Waals surface area contributed by atoms with Crippen molar-refractivity contribution in [3.05, 3.63) is 0 Å². The van der Waals surface area contributed by atoms with Crippen molar-refractivity contribution in [3.63, 3.8) is 0 Å². The van der Waals surface area contributed by atoms with Gasteiger partial charge in [0.1, 0.15) is 0 Å². The molecule has 0 unspecified atom stereocenters. The van der Waals surface area contributed by atoms with E-state index in [2.05, 4.69) is 17.6 Å². The monoisotopic (exact) mass is 623 g/mol. The van der Waals surface area contributed by atoms with Gasteiger partial charge < -0.3 is 10.4 Å². The van der Waals surface area contributed by atoms with E-state index >= 15 is 0 Å². The zero-order valence-electron chi connectivity index (χ0n) is 30.7. The molecule has 0 spiro atoms. The Morgan fingerprint density at radius 1 is 0.250 bits per heavy atom. The lowest BCUT2D eigenvalue weighted by Gasteiger charge is -2.05. The van der Waals surface area contributed by atoms with Crippen molar-refractivity contribution in [2.75, 3.05) is 26.4 Å². The summed E-state index contributed by atoms with van der Waals surface area (Å²) in [7, 11) is 0.